The minimum Gasteiger partial charge on any atom is -0.176 e. The van der Waals surface area contributed by atoms with Gasteiger partial charge in [-0.25, -0.2) is 0 Å². The van der Waals surface area contributed by atoms with Crippen molar-refractivity contribution in [3.05, 3.63) is 0 Å². The predicted molar refractivity (Wildman–Crippen MR) is 33.4 cm³/mol. The van der Waals surface area contributed by atoms with Crippen molar-refractivity contribution in [1.82, 2.24) is 0 Å². The maximum absolute atomic E-state index is 4.23. The largest absolute Gasteiger partial charge is 0.176 e. The second kappa shape index (κ2) is 3.54. The van der Waals surface area contributed by atoms with Crippen molar-refractivity contribution in [3.8, 4) is 0 Å². The van der Waals surface area contributed by atoms with Gasteiger partial charge in [-0.3, -0.25) is 0 Å². The molecule has 0 saturated heterocycles. The lowest BCUT2D eigenvalue weighted by Crippen LogP contribution is -1.89. The van der Waals surface area contributed by atoms with Crippen LogP contribution in [-0.2, 0) is 0 Å². The number of rotatable bonds is 2. The van der Waals surface area contributed by atoms with Crippen LogP contribution >= 0.6 is 12.6 Å². The normalized spacial score (nSPS) is 10.0. The Morgan fingerprint density at radius 1 is 1.33 bits per heavy atom. The number of hydrogen-bond donors (Lipinski definition) is 1. The van der Waals surface area contributed by atoms with Gasteiger partial charge in [0.25, 0.3) is 0 Å². The molecule has 0 bridgehead atoms. The Kier molecular flexibility index (Phi) is 3.74. The SMILES string of the molecule is CCC(S)CC. The average molecular weight is 104 g/mol. The monoisotopic (exact) mass is 104 g/mol. The average Bonchev–Trinajstić information content (AvgIpc) is 1.65. The van der Waals surface area contributed by atoms with Crippen LogP contribution < -0.4 is 0 Å². The molecule has 0 spiro atoms. The highest BCUT2D eigenvalue weighted by atomic mass is 32.1. The Balaban J connectivity index is 2.75. The Bertz CT molecular complexity index is 23.1. The first-order valence-electron chi connectivity index (χ1n) is 2.49. The fraction of sp³-hybridized carbons (Fsp3) is 1.00. The molecule has 0 aliphatic carbocycles. The summed E-state index contributed by atoms with van der Waals surface area (Å²) in [7, 11) is 0. The molecule has 1 heteroatoms. The van der Waals surface area contributed by atoms with Crippen molar-refractivity contribution in [1.29, 1.82) is 0 Å². The second-order valence-corrected chi connectivity index (χ2v) is 2.20. The molecular formula is C5H12S. The molecule has 0 aliphatic rings. The molecule has 0 aromatic heterocycles. The van der Waals surface area contributed by atoms with Crippen molar-refractivity contribution < 1.29 is 0 Å². The van der Waals surface area contributed by atoms with Gasteiger partial charge in [0, 0.05) is 5.25 Å². The Morgan fingerprint density at radius 3 is 1.67 bits per heavy atom. The third kappa shape index (κ3) is 2.58. The van der Waals surface area contributed by atoms with Crippen molar-refractivity contribution in [2.24, 2.45) is 0 Å². The van der Waals surface area contributed by atoms with Gasteiger partial charge in [-0.05, 0) is 12.8 Å². The molecule has 0 amide bonds. The molecule has 38 valence electrons. The van der Waals surface area contributed by atoms with E-state index in [0.29, 0.717) is 5.25 Å². The summed E-state index contributed by atoms with van der Waals surface area (Å²) >= 11 is 4.23. The minimum absolute atomic E-state index is 0.630. The fourth-order valence-corrected chi connectivity index (χ4v) is 0.289. The van der Waals surface area contributed by atoms with E-state index in [1.807, 2.05) is 0 Å². The second-order valence-electron chi connectivity index (χ2n) is 1.47. The Hall–Kier alpha value is 0.350. The maximum atomic E-state index is 4.23. The molecule has 0 fully saturated rings. The summed E-state index contributed by atoms with van der Waals surface area (Å²) in [4.78, 5) is 0. The van der Waals surface area contributed by atoms with E-state index in [0.717, 1.165) is 0 Å². The summed E-state index contributed by atoms with van der Waals surface area (Å²) in [6.45, 7) is 4.31. The molecule has 6 heavy (non-hydrogen) atoms. The third-order valence-electron chi connectivity index (χ3n) is 0.942. The zero-order valence-corrected chi connectivity index (χ0v) is 5.33. The molecule has 0 aromatic carbocycles. The van der Waals surface area contributed by atoms with Crippen LogP contribution in [0.15, 0.2) is 0 Å². The lowest BCUT2D eigenvalue weighted by molar-refractivity contribution is 0.798. The molecule has 0 aliphatic heterocycles. The number of thiol groups is 1. The Morgan fingerprint density at radius 2 is 1.67 bits per heavy atom. The highest BCUT2D eigenvalue weighted by molar-refractivity contribution is 7.80. The van der Waals surface area contributed by atoms with Crippen LogP contribution in [0.3, 0.4) is 0 Å². The maximum Gasteiger partial charge on any atom is 0.00115 e. The van der Waals surface area contributed by atoms with Gasteiger partial charge in [-0.1, -0.05) is 13.8 Å². The molecular weight excluding hydrogens is 92.1 g/mol. The summed E-state index contributed by atoms with van der Waals surface area (Å²) in [6, 6.07) is 0. The molecule has 0 aromatic rings. The van der Waals surface area contributed by atoms with Crippen molar-refractivity contribution >= 4 is 12.6 Å². The quantitative estimate of drug-likeness (QED) is 0.510. The van der Waals surface area contributed by atoms with E-state index in [9.17, 15) is 0 Å². The molecule has 0 heterocycles. The fourth-order valence-electron chi connectivity index (χ4n) is 0.289. The first-order valence-corrected chi connectivity index (χ1v) is 3.01. The smallest absolute Gasteiger partial charge is 0.00115 e. The predicted octanol–water partition coefficient (Wildman–Crippen LogP) is 2.10. The van der Waals surface area contributed by atoms with Crippen LogP contribution in [0, 0.1) is 0 Å². The van der Waals surface area contributed by atoms with Gasteiger partial charge in [-0.2, -0.15) is 12.6 Å². The molecule has 0 unspecified atom stereocenters. The summed E-state index contributed by atoms with van der Waals surface area (Å²) < 4.78 is 0. The van der Waals surface area contributed by atoms with Gasteiger partial charge in [-0.15, -0.1) is 0 Å². The Labute approximate surface area is 45.4 Å². The highest BCUT2D eigenvalue weighted by Gasteiger charge is 1.89. The molecule has 0 saturated carbocycles. The zero-order valence-electron chi connectivity index (χ0n) is 4.44. The van der Waals surface area contributed by atoms with Crippen LogP contribution in [0.2, 0.25) is 0 Å². The van der Waals surface area contributed by atoms with E-state index in [1.165, 1.54) is 12.8 Å². The summed E-state index contributed by atoms with van der Waals surface area (Å²) in [5.74, 6) is 0. The third-order valence-corrected chi connectivity index (χ3v) is 1.67. The lowest BCUT2D eigenvalue weighted by Gasteiger charge is -1.97. The van der Waals surface area contributed by atoms with E-state index in [2.05, 4.69) is 26.5 Å². The van der Waals surface area contributed by atoms with E-state index in [1.54, 1.807) is 0 Å². The highest BCUT2D eigenvalue weighted by Crippen LogP contribution is 2.02. The topological polar surface area (TPSA) is 0 Å². The van der Waals surface area contributed by atoms with Crippen molar-refractivity contribution in [2.45, 2.75) is 31.9 Å². The molecule has 0 nitrogen and oxygen atoms in total. The van der Waals surface area contributed by atoms with Crippen LogP contribution in [0.25, 0.3) is 0 Å². The minimum atomic E-state index is 0.630. The van der Waals surface area contributed by atoms with Gasteiger partial charge in [0.2, 0.25) is 0 Å². The van der Waals surface area contributed by atoms with Crippen LogP contribution in [0.1, 0.15) is 26.7 Å². The molecule has 0 N–H and O–H groups in total. The standard InChI is InChI=1S/C5H12S/c1-3-5(6)4-2/h5-6H,3-4H2,1-2H3. The first-order chi connectivity index (χ1) is 2.81. The molecule has 0 radical (unpaired) electrons. The van der Waals surface area contributed by atoms with Gasteiger partial charge < -0.3 is 0 Å². The number of hydrogen-bond acceptors (Lipinski definition) is 1. The molecule has 0 rings (SSSR count). The molecule has 0 atom stereocenters. The van der Waals surface area contributed by atoms with E-state index in [-0.39, 0.29) is 0 Å². The van der Waals surface area contributed by atoms with Crippen LogP contribution in [0.4, 0.5) is 0 Å². The summed E-state index contributed by atoms with van der Waals surface area (Å²) in [5, 5.41) is 0.630. The summed E-state index contributed by atoms with van der Waals surface area (Å²) in [6.07, 6.45) is 2.39. The van der Waals surface area contributed by atoms with E-state index >= 15 is 0 Å². The lowest BCUT2D eigenvalue weighted by atomic mass is 10.3. The first kappa shape index (κ1) is 6.35. The van der Waals surface area contributed by atoms with Crippen LogP contribution in [-0.4, -0.2) is 5.25 Å². The van der Waals surface area contributed by atoms with Crippen molar-refractivity contribution in [2.75, 3.05) is 0 Å². The van der Waals surface area contributed by atoms with E-state index in [4.69, 9.17) is 0 Å². The summed E-state index contributed by atoms with van der Waals surface area (Å²) in [5.41, 5.74) is 0. The van der Waals surface area contributed by atoms with Gasteiger partial charge in [0.15, 0.2) is 0 Å². The van der Waals surface area contributed by atoms with E-state index < -0.39 is 0 Å². The van der Waals surface area contributed by atoms with Crippen molar-refractivity contribution in [3.63, 3.8) is 0 Å². The van der Waals surface area contributed by atoms with Gasteiger partial charge >= 0.3 is 0 Å². The van der Waals surface area contributed by atoms with Gasteiger partial charge in [0.05, 0.1) is 0 Å². The van der Waals surface area contributed by atoms with Crippen LogP contribution in [0.5, 0.6) is 0 Å². The van der Waals surface area contributed by atoms with Gasteiger partial charge in [0.1, 0.15) is 0 Å². The zero-order chi connectivity index (χ0) is 4.99.